The number of H-pyrrole nitrogens is 1. The van der Waals surface area contributed by atoms with Gasteiger partial charge in [-0.3, -0.25) is 0 Å². The van der Waals surface area contributed by atoms with Gasteiger partial charge in [-0.2, -0.15) is 5.26 Å². The third kappa shape index (κ3) is 4.14. The van der Waals surface area contributed by atoms with Gasteiger partial charge in [-0.15, -0.1) is 0 Å². The van der Waals surface area contributed by atoms with Gasteiger partial charge >= 0.3 is 0 Å². The van der Waals surface area contributed by atoms with Crippen LogP contribution in [0.3, 0.4) is 0 Å². The van der Waals surface area contributed by atoms with Crippen molar-refractivity contribution in [1.29, 1.82) is 5.26 Å². The van der Waals surface area contributed by atoms with Crippen LogP contribution in [0, 0.1) is 11.3 Å². The molecule has 0 radical (unpaired) electrons. The molecule has 0 bridgehead atoms. The topological polar surface area (TPSA) is 70.9 Å². The first-order chi connectivity index (χ1) is 14.7. The molecule has 1 aromatic heterocycles. The summed E-state index contributed by atoms with van der Waals surface area (Å²) in [7, 11) is 1.55. The van der Waals surface area contributed by atoms with E-state index in [2.05, 4.69) is 16.0 Å². The summed E-state index contributed by atoms with van der Waals surface area (Å²) in [5.41, 5.74) is 3.79. The van der Waals surface area contributed by atoms with E-state index in [0.717, 1.165) is 16.6 Å². The number of fused-ring (bicyclic) bond motifs is 1. The van der Waals surface area contributed by atoms with Crippen LogP contribution >= 0.6 is 11.6 Å². The van der Waals surface area contributed by atoms with Gasteiger partial charge in [-0.25, -0.2) is 4.98 Å². The van der Waals surface area contributed by atoms with Crippen LogP contribution in [0.25, 0.3) is 22.7 Å². The number of hydrogen-bond donors (Lipinski definition) is 1. The Morgan fingerprint density at radius 2 is 1.90 bits per heavy atom. The van der Waals surface area contributed by atoms with Gasteiger partial charge in [0.15, 0.2) is 11.5 Å². The van der Waals surface area contributed by atoms with Gasteiger partial charge in [0.05, 0.1) is 28.7 Å². The second-order valence-corrected chi connectivity index (χ2v) is 6.99. The van der Waals surface area contributed by atoms with Crippen LogP contribution in [0.15, 0.2) is 66.7 Å². The number of benzene rings is 3. The number of nitriles is 1. The number of methoxy groups -OCH3 is 1. The van der Waals surface area contributed by atoms with Gasteiger partial charge < -0.3 is 14.5 Å². The normalized spacial score (nSPS) is 11.3. The zero-order chi connectivity index (χ0) is 20.9. The van der Waals surface area contributed by atoms with E-state index in [0.29, 0.717) is 40.1 Å². The minimum absolute atomic E-state index is 0.370. The van der Waals surface area contributed by atoms with Crippen molar-refractivity contribution in [3.05, 3.63) is 88.7 Å². The molecule has 0 unspecified atom stereocenters. The molecular formula is C24H18ClN3O2. The maximum Gasteiger partial charge on any atom is 0.180 e. The Kier molecular flexibility index (Phi) is 5.69. The molecule has 0 aliphatic rings. The Morgan fingerprint density at radius 1 is 1.13 bits per heavy atom. The van der Waals surface area contributed by atoms with Gasteiger partial charge in [0, 0.05) is 0 Å². The minimum atomic E-state index is 0.370. The SMILES string of the molecule is COc1cc(C=C(C#N)c2nc3ccccc3[nH]2)cc(Cl)c1OCc1ccccc1. The number of para-hydroxylation sites is 2. The van der Waals surface area contributed by atoms with Crippen molar-refractivity contribution in [2.24, 2.45) is 0 Å². The Labute approximate surface area is 179 Å². The first-order valence-electron chi connectivity index (χ1n) is 9.29. The second kappa shape index (κ2) is 8.73. The Hall–Kier alpha value is -3.75. The largest absolute Gasteiger partial charge is 0.493 e. The highest BCUT2D eigenvalue weighted by atomic mass is 35.5. The fraction of sp³-hybridized carbons (Fsp3) is 0.0833. The molecule has 5 nitrogen and oxygen atoms in total. The molecule has 30 heavy (non-hydrogen) atoms. The van der Waals surface area contributed by atoms with E-state index in [1.165, 1.54) is 0 Å². The predicted molar refractivity (Wildman–Crippen MR) is 118 cm³/mol. The van der Waals surface area contributed by atoms with Crippen LogP contribution in [-0.2, 0) is 6.61 Å². The van der Waals surface area contributed by atoms with Crippen molar-refractivity contribution >= 4 is 34.3 Å². The lowest BCUT2D eigenvalue weighted by atomic mass is 10.1. The molecule has 6 heteroatoms. The quantitative estimate of drug-likeness (QED) is 0.400. The van der Waals surface area contributed by atoms with Crippen LogP contribution in [-0.4, -0.2) is 17.1 Å². The van der Waals surface area contributed by atoms with Crippen molar-refractivity contribution in [2.75, 3.05) is 7.11 Å². The number of imidazole rings is 1. The number of nitrogens with zero attached hydrogens (tertiary/aromatic N) is 2. The summed E-state index contributed by atoms with van der Waals surface area (Å²) < 4.78 is 11.4. The van der Waals surface area contributed by atoms with Gasteiger partial charge in [0.2, 0.25) is 0 Å². The molecule has 0 aliphatic carbocycles. The lowest BCUT2D eigenvalue weighted by molar-refractivity contribution is 0.284. The van der Waals surface area contributed by atoms with E-state index in [1.807, 2.05) is 54.6 Å². The molecule has 0 atom stereocenters. The van der Waals surface area contributed by atoms with E-state index < -0.39 is 0 Å². The van der Waals surface area contributed by atoms with E-state index in [4.69, 9.17) is 21.1 Å². The van der Waals surface area contributed by atoms with Crippen molar-refractivity contribution < 1.29 is 9.47 Å². The van der Waals surface area contributed by atoms with Crippen molar-refractivity contribution in [1.82, 2.24) is 9.97 Å². The smallest absolute Gasteiger partial charge is 0.180 e. The van der Waals surface area contributed by atoms with Crippen molar-refractivity contribution in [3.63, 3.8) is 0 Å². The van der Waals surface area contributed by atoms with E-state index in [9.17, 15) is 5.26 Å². The molecule has 4 aromatic rings. The maximum atomic E-state index is 9.66. The highest BCUT2D eigenvalue weighted by molar-refractivity contribution is 6.32. The van der Waals surface area contributed by atoms with E-state index in [-0.39, 0.29) is 0 Å². The standard InChI is InChI=1S/C24H18ClN3O2/c1-29-22-13-17(12-19(25)23(22)30-15-16-7-3-2-4-8-16)11-18(14-26)24-27-20-9-5-6-10-21(20)28-24/h2-13H,15H2,1H3,(H,27,28). The third-order valence-corrected chi connectivity index (χ3v) is 4.83. The lowest BCUT2D eigenvalue weighted by Gasteiger charge is -2.13. The molecule has 0 spiro atoms. The van der Waals surface area contributed by atoms with Gasteiger partial charge in [-0.05, 0) is 41.5 Å². The molecule has 1 N–H and O–H groups in total. The van der Waals surface area contributed by atoms with Gasteiger partial charge in [0.1, 0.15) is 18.5 Å². The molecule has 3 aromatic carbocycles. The summed E-state index contributed by atoms with van der Waals surface area (Å²) in [6, 6.07) is 23.2. The molecule has 0 saturated carbocycles. The fourth-order valence-electron chi connectivity index (χ4n) is 3.09. The maximum absolute atomic E-state index is 9.66. The number of nitrogens with one attached hydrogen (secondary N) is 1. The number of allylic oxidation sites excluding steroid dienone is 1. The summed E-state index contributed by atoms with van der Waals surface area (Å²) in [5, 5.41) is 10.1. The molecule has 4 rings (SSSR count). The van der Waals surface area contributed by atoms with Gasteiger partial charge in [-0.1, -0.05) is 54.1 Å². The summed E-state index contributed by atoms with van der Waals surface area (Å²) in [4.78, 5) is 7.66. The monoisotopic (exact) mass is 415 g/mol. The lowest BCUT2D eigenvalue weighted by Crippen LogP contribution is -1.99. The number of hydrogen-bond acceptors (Lipinski definition) is 4. The fourth-order valence-corrected chi connectivity index (χ4v) is 3.37. The summed E-state index contributed by atoms with van der Waals surface area (Å²) >= 11 is 6.48. The van der Waals surface area contributed by atoms with Gasteiger partial charge in [0.25, 0.3) is 0 Å². The minimum Gasteiger partial charge on any atom is -0.493 e. The molecule has 0 aliphatic heterocycles. The number of rotatable bonds is 6. The number of aromatic nitrogens is 2. The van der Waals surface area contributed by atoms with Crippen LogP contribution < -0.4 is 9.47 Å². The van der Waals surface area contributed by atoms with E-state index >= 15 is 0 Å². The average Bonchev–Trinajstić information content (AvgIpc) is 3.21. The number of ether oxygens (including phenoxy) is 2. The summed E-state index contributed by atoms with van der Waals surface area (Å²) in [6.07, 6.45) is 1.72. The Morgan fingerprint density at radius 3 is 2.63 bits per heavy atom. The van der Waals surface area contributed by atoms with Crippen LogP contribution in [0.2, 0.25) is 5.02 Å². The first kappa shape index (κ1) is 19.6. The molecule has 0 saturated heterocycles. The van der Waals surface area contributed by atoms with E-state index in [1.54, 1.807) is 25.3 Å². The second-order valence-electron chi connectivity index (χ2n) is 6.58. The van der Waals surface area contributed by atoms with Crippen molar-refractivity contribution in [3.8, 4) is 17.6 Å². The van der Waals surface area contributed by atoms with Crippen LogP contribution in [0.1, 0.15) is 17.0 Å². The highest BCUT2D eigenvalue weighted by Crippen LogP contribution is 2.38. The zero-order valence-corrected chi connectivity index (χ0v) is 17.0. The van der Waals surface area contributed by atoms with Crippen molar-refractivity contribution in [2.45, 2.75) is 6.61 Å². The number of aromatic amines is 1. The van der Waals surface area contributed by atoms with Crippen LogP contribution in [0.5, 0.6) is 11.5 Å². The molecule has 148 valence electrons. The Bertz CT molecular complexity index is 1220. The molecule has 0 fully saturated rings. The highest BCUT2D eigenvalue weighted by Gasteiger charge is 2.14. The summed E-state index contributed by atoms with van der Waals surface area (Å²) in [5.74, 6) is 1.45. The zero-order valence-electron chi connectivity index (χ0n) is 16.2. The molecule has 0 amide bonds. The number of halogens is 1. The van der Waals surface area contributed by atoms with Crippen LogP contribution in [0.4, 0.5) is 0 Å². The first-order valence-corrected chi connectivity index (χ1v) is 9.67. The average molecular weight is 416 g/mol. The molecular weight excluding hydrogens is 398 g/mol. The Balaban J connectivity index is 1.65. The predicted octanol–water partition coefficient (Wildman–Crippen LogP) is 5.87. The molecule has 1 heterocycles. The summed E-state index contributed by atoms with van der Waals surface area (Å²) in [6.45, 7) is 0.370. The third-order valence-electron chi connectivity index (χ3n) is 4.55.